The van der Waals surface area contributed by atoms with E-state index >= 15 is 0 Å². The summed E-state index contributed by atoms with van der Waals surface area (Å²) in [6, 6.07) is 6.06. The number of hydrogen-bond donors (Lipinski definition) is 2. The largest absolute Gasteiger partial charge is 0.387 e. The van der Waals surface area contributed by atoms with Crippen molar-refractivity contribution in [3.05, 3.63) is 34.9 Å². The molecule has 0 amide bonds. The van der Waals surface area contributed by atoms with Gasteiger partial charge < -0.3 is 10.2 Å². The third-order valence-electron chi connectivity index (χ3n) is 4.04. The first-order valence-corrected chi connectivity index (χ1v) is 7.00. The molecular formula is C16H24O2. The molecular weight excluding hydrogens is 224 g/mol. The topological polar surface area (TPSA) is 40.5 Å². The maximum atomic E-state index is 10.7. The van der Waals surface area contributed by atoms with Crippen molar-refractivity contribution in [3.63, 3.8) is 0 Å². The minimum atomic E-state index is -0.934. The molecule has 100 valence electrons. The Balaban J connectivity index is 2.25. The van der Waals surface area contributed by atoms with Gasteiger partial charge in [0.2, 0.25) is 0 Å². The lowest BCUT2D eigenvalue weighted by Crippen LogP contribution is -2.35. The van der Waals surface area contributed by atoms with Gasteiger partial charge in [0.15, 0.2) is 0 Å². The van der Waals surface area contributed by atoms with Crippen molar-refractivity contribution < 1.29 is 10.2 Å². The molecule has 0 spiro atoms. The summed E-state index contributed by atoms with van der Waals surface area (Å²) in [6.07, 6.45) is 5.03. The van der Waals surface area contributed by atoms with E-state index in [9.17, 15) is 10.2 Å². The predicted octanol–water partition coefficient (Wildman–Crippen LogP) is 3.42. The number of rotatable bonds is 2. The van der Waals surface area contributed by atoms with Crippen LogP contribution in [-0.4, -0.2) is 15.8 Å². The fraction of sp³-hybridized carbons (Fsp3) is 0.625. The minimum Gasteiger partial charge on any atom is -0.387 e. The predicted molar refractivity (Wildman–Crippen MR) is 73.5 cm³/mol. The van der Waals surface area contributed by atoms with E-state index in [0.717, 1.165) is 29.5 Å². The van der Waals surface area contributed by atoms with Gasteiger partial charge in [0.1, 0.15) is 6.10 Å². The number of aryl methyl sites for hydroxylation is 2. The van der Waals surface area contributed by atoms with Gasteiger partial charge in [0.25, 0.3) is 0 Å². The third-order valence-corrected chi connectivity index (χ3v) is 4.04. The fourth-order valence-electron chi connectivity index (χ4n) is 3.09. The van der Waals surface area contributed by atoms with Crippen molar-refractivity contribution in [2.75, 3.05) is 0 Å². The molecule has 0 bridgehead atoms. The normalized spacial score (nSPS) is 21.3. The molecule has 1 aromatic carbocycles. The van der Waals surface area contributed by atoms with Gasteiger partial charge in [-0.15, -0.1) is 0 Å². The zero-order valence-corrected chi connectivity index (χ0v) is 11.4. The Kier molecular flexibility index (Phi) is 4.08. The summed E-state index contributed by atoms with van der Waals surface area (Å²) in [5, 5.41) is 21.2. The second-order valence-electron chi connectivity index (χ2n) is 5.84. The highest BCUT2D eigenvalue weighted by Crippen LogP contribution is 2.37. The molecule has 0 heterocycles. The standard InChI is InChI=1S/C16H24O2/c1-12-9-13(2)11-14(10-12)15(17)16(18)7-5-3-4-6-8-16/h9-11,15,17-18H,3-8H2,1-2H3. The van der Waals surface area contributed by atoms with Crippen molar-refractivity contribution in [1.82, 2.24) is 0 Å². The molecule has 2 heteroatoms. The minimum absolute atomic E-state index is 0.709. The highest BCUT2D eigenvalue weighted by molar-refractivity contribution is 5.31. The van der Waals surface area contributed by atoms with Crippen molar-refractivity contribution in [1.29, 1.82) is 0 Å². The Morgan fingerprint density at radius 3 is 1.94 bits per heavy atom. The first-order chi connectivity index (χ1) is 8.51. The van der Waals surface area contributed by atoms with Gasteiger partial charge in [-0.3, -0.25) is 0 Å². The Labute approximate surface area is 110 Å². The van der Waals surface area contributed by atoms with Crippen molar-refractivity contribution in [3.8, 4) is 0 Å². The SMILES string of the molecule is Cc1cc(C)cc(C(O)C2(O)CCCCCC2)c1. The third kappa shape index (κ3) is 2.93. The summed E-state index contributed by atoms with van der Waals surface area (Å²) < 4.78 is 0. The molecule has 0 radical (unpaired) electrons. The van der Waals surface area contributed by atoms with Gasteiger partial charge in [-0.2, -0.15) is 0 Å². The molecule has 2 rings (SSSR count). The van der Waals surface area contributed by atoms with Crippen molar-refractivity contribution >= 4 is 0 Å². The molecule has 1 aliphatic rings. The van der Waals surface area contributed by atoms with E-state index in [2.05, 4.69) is 6.07 Å². The van der Waals surface area contributed by atoms with E-state index in [-0.39, 0.29) is 0 Å². The monoisotopic (exact) mass is 248 g/mol. The summed E-state index contributed by atoms with van der Waals surface area (Å²) in [5.74, 6) is 0. The molecule has 0 saturated heterocycles. The van der Waals surface area contributed by atoms with Gasteiger partial charge in [0, 0.05) is 0 Å². The molecule has 0 aromatic heterocycles. The number of hydrogen-bond acceptors (Lipinski definition) is 2. The van der Waals surface area contributed by atoms with Crippen LogP contribution < -0.4 is 0 Å². The number of aliphatic hydroxyl groups excluding tert-OH is 1. The van der Waals surface area contributed by atoms with Gasteiger partial charge >= 0.3 is 0 Å². The van der Waals surface area contributed by atoms with Crippen molar-refractivity contribution in [2.24, 2.45) is 0 Å². The van der Waals surface area contributed by atoms with Crippen LogP contribution in [0.1, 0.15) is 61.3 Å². The zero-order chi connectivity index (χ0) is 13.2. The van der Waals surface area contributed by atoms with Crippen LogP contribution in [0.3, 0.4) is 0 Å². The van der Waals surface area contributed by atoms with E-state index in [0.29, 0.717) is 12.8 Å². The van der Waals surface area contributed by atoms with Gasteiger partial charge in [-0.05, 0) is 32.3 Å². The lowest BCUT2D eigenvalue weighted by atomic mass is 9.84. The molecule has 1 saturated carbocycles. The van der Waals surface area contributed by atoms with E-state index < -0.39 is 11.7 Å². The fourth-order valence-corrected chi connectivity index (χ4v) is 3.09. The summed E-state index contributed by atoms with van der Waals surface area (Å²) in [7, 11) is 0. The summed E-state index contributed by atoms with van der Waals surface area (Å²) in [5.41, 5.74) is 2.20. The average Bonchev–Trinajstić information content (AvgIpc) is 2.53. The van der Waals surface area contributed by atoms with Crippen LogP contribution in [0, 0.1) is 13.8 Å². The van der Waals surface area contributed by atoms with Crippen LogP contribution in [0.5, 0.6) is 0 Å². The number of aliphatic hydroxyl groups is 2. The highest BCUT2D eigenvalue weighted by Gasteiger charge is 2.36. The van der Waals surface area contributed by atoms with E-state index in [1.807, 2.05) is 26.0 Å². The first kappa shape index (κ1) is 13.6. The smallest absolute Gasteiger partial charge is 0.108 e. The average molecular weight is 248 g/mol. The lowest BCUT2D eigenvalue weighted by Gasteiger charge is -2.32. The lowest BCUT2D eigenvalue weighted by molar-refractivity contribution is -0.0867. The van der Waals surface area contributed by atoms with Crippen LogP contribution in [0.25, 0.3) is 0 Å². The molecule has 2 nitrogen and oxygen atoms in total. The van der Waals surface area contributed by atoms with Gasteiger partial charge in [-0.1, -0.05) is 55.0 Å². The van der Waals surface area contributed by atoms with Gasteiger partial charge in [0.05, 0.1) is 5.60 Å². The highest BCUT2D eigenvalue weighted by atomic mass is 16.3. The molecule has 1 atom stereocenters. The Morgan fingerprint density at radius 1 is 0.944 bits per heavy atom. The summed E-state index contributed by atoms with van der Waals surface area (Å²) in [4.78, 5) is 0. The van der Waals surface area contributed by atoms with E-state index in [1.54, 1.807) is 0 Å². The summed E-state index contributed by atoms with van der Waals surface area (Å²) in [6.45, 7) is 4.06. The maximum absolute atomic E-state index is 10.7. The quantitative estimate of drug-likeness (QED) is 0.787. The molecule has 18 heavy (non-hydrogen) atoms. The first-order valence-electron chi connectivity index (χ1n) is 7.00. The van der Waals surface area contributed by atoms with E-state index in [1.165, 1.54) is 12.8 Å². The molecule has 2 N–H and O–H groups in total. The maximum Gasteiger partial charge on any atom is 0.108 e. The van der Waals surface area contributed by atoms with Crippen LogP contribution in [0.4, 0.5) is 0 Å². The van der Waals surface area contributed by atoms with Crippen LogP contribution in [0.2, 0.25) is 0 Å². The van der Waals surface area contributed by atoms with Crippen LogP contribution in [0.15, 0.2) is 18.2 Å². The van der Waals surface area contributed by atoms with Crippen LogP contribution >= 0.6 is 0 Å². The van der Waals surface area contributed by atoms with E-state index in [4.69, 9.17) is 0 Å². The Bertz CT molecular complexity index is 383. The Hall–Kier alpha value is -0.860. The number of benzene rings is 1. The van der Waals surface area contributed by atoms with Gasteiger partial charge in [-0.25, -0.2) is 0 Å². The molecule has 1 unspecified atom stereocenters. The second-order valence-corrected chi connectivity index (χ2v) is 5.84. The van der Waals surface area contributed by atoms with Crippen molar-refractivity contribution in [2.45, 2.75) is 64.1 Å². The second kappa shape index (κ2) is 5.41. The van der Waals surface area contributed by atoms with Crippen LogP contribution in [-0.2, 0) is 0 Å². The Morgan fingerprint density at radius 2 is 1.44 bits per heavy atom. The molecule has 0 aliphatic heterocycles. The molecule has 1 aliphatic carbocycles. The zero-order valence-electron chi connectivity index (χ0n) is 11.4. The molecule has 1 fully saturated rings. The summed E-state index contributed by atoms with van der Waals surface area (Å²) >= 11 is 0. The molecule has 1 aromatic rings.